The van der Waals surface area contributed by atoms with E-state index in [1.54, 1.807) is 31.6 Å². The first kappa shape index (κ1) is 12.8. The number of carbonyl (C=O) groups excluding carboxylic acids is 1. The van der Waals surface area contributed by atoms with Crippen LogP contribution in [0.4, 0.5) is 0 Å². The lowest BCUT2D eigenvalue weighted by molar-refractivity contribution is -0.132. The molecule has 1 fully saturated rings. The normalized spacial score (nSPS) is 18.9. The fourth-order valence-corrected chi connectivity index (χ4v) is 2.10. The Morgan fingerprint density at radius 2 is 2.50 bits per heavy atom. The fourth-order valence-electron chi connectivity index (χ4n) is 2.10. The first-order chi connectivity index (χ1) is 8.79. The lowest BCUT2D eigenvalue weighted by atomic mass is 10.1. The topological polar surface area (TPSA) is 51.7 Å². The van der Waals surface area contributed by atoms with E-state index in [0.29, 0.717) is 18.3 Å². The molecule has 0 radical (unpaired) electrons. The number of rotatable bonds is 5. The van der Waals surface area contributed by atoms with Crippen LogP contribution in [0, 0.1) is 5.92 Å². The van der Waals surface area contributed by atoms with Crippen LogP contribution in [-0.2, 0) is 9.53 Å². The maximum Gasteiger partial charge on any atom is 0.260 e. The molecule has 2 heterocycles. The van der Waals surface area contributed by atoms with Crippen molar-refractivity contribution in [1.82, 2.24) is 9.88 Å². The van der Waals surface area contributed by atoms with Gasteiger partial charge in [-0.15, -0.1) is 0 Å². The molecule has 5 nitrogen and oxygen atoms in total. The Balaban J connectivity index is 1.76. The molecule has 0 saturated carbocycles. The summed E-state index contributed by atoms with van der Waals surface area (Å²) >= 11 is 0. The summed E-state index contributed by atoms with van der Waals surface area (Å²) < 4.78 is 10.5. The Hall–Kier alpha value is -1.62. The van der Waals surface area contributed by atoms with Crippen LogP contribution >= 0.6 is 0 Å². The molecule has 1 amide bonds. The summed E-state index contributed by atoms with van der Waals surface area (Å²) in [6, 6.07) is 3.57. The molecule has 1 atom stereocenters. The minimum Gasteiger partial charge on any atom is -0.482 e. The molecule has 1 aromatic heterocycles. The number of nitrogens with zero attached hydrogens (tertiary/aromatic N) is 2. The van der Waals surface area contributed by atoms with Crippen LogP contribution in [0.15, 0.2) is 24.5 Å². The molecule has 2 rings (SSSR count). The molecule has 98 valence electrons. The first-order valence-electron chi connectivity index (χ1n) is 6.09. The van der Waals surface area contributed by atoms with Gasteiger partial charge in [-0.05, 0) is 18.6 Å². The number of methoxy groups -OCH3 is 1. The molecule has 1 aliphatic heterocycles. The van der Waals surface area contributed by atoms with E-state index in [0.717, 1.165) is 19.5 Å². The second kappa shape index (κ2) is 6.35. The van der Waals surface area contributed by atoms with Gasteiger partial charge in [0.15, 0.2) is 6.61 Å². The molecule has 1 aromatic rings. The van der Waals surface area contributed by atoms with Gasteiger partial charge in [0.25, 0.3) is 5.91 Å². The number of likely N-dealkylation sites (tertiary alicyclic amines) is 1. The summed E-state index contributed by atoms with van der Waals surface area (Å²) in [7, 11) is 1.69. The highest BCUT2D eigenvalue weighted by Gasteiger charge is 2.26. The molecule has 1 unspecified atom stereocenters. The summed E-state index contributed by atoms with van der Waals surface area (Å²) in [5.74, 6) is 1.10. The highest BCUT2D eigenvalue weighted by Crippen LogP contribution is 2.16. The zero-order valence-corrected chi connectivity index (χ0v) is 10.5. The lowest BCUT2D eigenvalue weighted by Gasteiger charge is -2.16. The molecule has 0 bridgehead atoms. The third-order valence-electron chi connectivity index (χ3n) is 3.04. The van der Waals surface area contributed by atoms with Gasteiger partial charge < -0.3 is 14.4 Å². The van der Waals surface area contributed by atoms with Gasteiger partial charge in [0.05, 0.1) is 12.8 Å². The van der Waals surface area contributed by atoms with Gasteiger partial charge >= 0.3 is 0 Å². The van der Waals surface area contributed by atoms with Crippen LogP contribution in [0.25, 0.3) is 0 Å². The van der Waals surface area contributed by atoms with Crippen LogP contribution in [0.5, 0.6) is 5.75 Å². The second-order valence-electron chi connectivity index (χ2n) is 4.43. The van der Waals surface area contributed by atoms with Crippen LogP contribution in [0.2, 0.25) is 0 Å². The van der Waals surface area contributed by atoms with Gasteiger partial charge in [-0.3, -0.25) is 9.78 Å². The summed E-state index contributed by atoms with van der Waals surface area (Å²) in [5, 5.41) is 0. The van der Waals surface area contributed by atoms with E-state index < -0.39 is 0 Å². The molecule has 0 N–H and O–H groups in total. The molecule has 5 heteroatoms. The van der Waals surface area contributed by atoms with Gasteiger partial charge in [-0.25, -0.2) is 0 Å². The predicted octanol–water partition coefficient (Wildman–Crippen LogP) is 0.955. The quantitative estimate of drug-likeness (QED) is 0.781. The number of carbonyl (C=O) groups is 1. The van der Waals surface area contributed by atoms with Crippen LogP contribution in [-0.4, -0.2) is 49.2 Å². The number of ether oxygens (including phenoxy) is 2. The van der Waals surface area contributed by atoms with E-state index in [9.17, 15) is 4.79 Å². The molecular formula is C13H18N2O3. The minimum absolute atomic E-state index is 0.0254. The Kier molecular flexibility index (Phi) is 4.52. The Labute approximate surface area is 107 Å². The molecule has 0 spiro atoms. The van der Waals surface area contributed by atoms with Gasteiger partial charge in [-0.2, -0.15) is 0 Å². The van der Waals surface area contributed by atoms with Crippen LogP contribution < -0.4 is 4.74 Å². The highest BCUT2D eigenvalue weighted by atomic mass is 16.5. The van der Waals surface area contributed by atoms with E-state index in [4.69, 9.17) is 9.47 Å². The number of hydrogen-bond acceptors (Lipinski definition) is 4. The van der Waals surface area contributed by atoms with Crippen molar-refractivity contribution >= 4 is 5.91 Å². The second-order valence-corrected chi connectivity index (χ2v) is 4.43. The SMILES string of the molecule is COCC1CCN(C(=O)COc2cccnc2)C1. The van der Waals surface area contributed by atoms with E-state index in [2.05, 4.69) is 4.98 Å². The maximum atomic E-state index is 11.9. The molecular weight excluding hydrogens is 232 g/mol. The minimum atomic E-state index is 0.0254. The Morgan fingerprint density at radius 3 is 3.22 bits per heavy atom. The van der Waals surface area contributed by atoms with Gasteiger partial charge in [0.1, 0.15) is 5.75 Å². The summed E-state index contributed by atoms with van der Waals surface area (Å²) in [6.07, 6.45) is 4.28. The predicted molar refractivity (Wildman–Crippen MR) is 66.3 cm³/mol. The summed E-state index contributed by atoms with van der Waals surface area (Å²) in [4.78, 5) is 17.7. The van der Waals surface area contributed by atoms with Crippen molar-refractivity contribution in [3.05, 3.63) is 24.5 Å². The fraction of sp³-hybridized carbons (Fsp3) is 0.538. The van der Waals surface area contributed by atoms with Crippen molar-refractivity contribution in [2.45, 2.75) is 6.42 Å². The van der Waals surface area contributed by atoms with Gasteiger partial charge in [-0.1, -0.05) is 0 Å². The first-order valence-corrected chi connectivity index (χ1v) is 6.09. The van der Waals surface area contributed by atoms with E-state index in [-0.39, 0.29) is 12.5 Å². The number of pyridine rings is 1. The van der Waals surface area contributed by atoms with Crippen molar-refractivity contribution in [1.29, 1.82) is 0 Å². The average molecular weight is 250 g/mol. The number of hydrogen-bond donors (Lipinski definition) is 0. The zero-order valence-electron chi connectivity index (χ0n) is 10.5. The lowest BCUT2D eigenvalue weighted by Crippen LogP contribution is -2.33. The maximum absolute atomic E-state index is 11.9. The highest BCUT2D eigenvalue weighted by molar-refractivity contribution is 5.78. The van der Waals surface area contributed by atoms with Gasteiger partial charge in [0, 0.05) is 32.3 Å². The van der Waals surface area contributed by atoms with Crippen LogP contribution in [0.1, 0.15) is 6.42 Å². The molecule has 18 heavy (non-hydrogen) atoms. The summed E-state index contributed by atoms with van der Waals surface area (Å²) in [6.45, 7) is 2.35. The smallest absolute Gasteiger partial charge is 0.260 e. The molecule has 0 aromatic carbocycles. The third-order valence-corrected chi connectivity index (χ3v) is 3.04. The van der Waals surface area contributed by atoms with Crippen molar-refractivity contribution in [2.24, 2.45) is 5.92 Å². The van der Waals surface area contributed by atoms with E-state index in [1.165, 1.54) is 0 Å². The monoisotopic (exact) mass is 250 g/mol. The van der Waals surface area contributed by atoms with Crippen molar-refractivity contribution in [3.63, 3.8) is 0 Å². The van der Waals surface area contributed by atoms with Crippen LogP contribution in [0.3, 0.4) is 0 Å². The van der Waals surface area contributed by atoms with E-state index in [1.807, 2.05) is 4.90 Å². The largest absolute Gasteiger partial charge is 0.482 e. The van der Waals surface area contributed by atoms with Crippen molar-refractivity contribution < 1.29 is 14.3 Å². The Bertz CT molecular complexity index is 383. The molecule has 1 aliphatic rings. The van der Waals surface area contributed by atoms with E-state index >= 15 is 0 Å². The Morgan fingerprint density at radius 1 is 1.61 bits per heavy atom. The zero-order chi connectivity index (χ0) is 12.8. The number of aromatic nitrogens is 1. The van der Waals surface area contributed by atoms with Crippen molar-refractivity contribution in [3.8, 4) is 5.75 Å². The summed E-state index contributed by atoms with van der Waals surface area (Å²) in [5.41, 5.74) is 0. The number of amides is 1. The molecule has 0 aliphatic carbocycles. The molecule has 1 saturated heterocycles. The standard InChI is InChI=1S/C13H18N2O3/c1-17-9-11-4-6-15(8-11)13(16)10-18-12-3-2-5-14-7-12/h2-3,5,7,11H,4,6,8-10H2,1H3. The average Bonchev–Trinajstić information content (AvgIpc) is 2.86. The van der Waals surface area contributed by atoms with Gasteiger partial charge in [0.2, 0.25) is 0 Å². The van der Waals surface area contributed by atoms with Crippen molar-refractivity contribution in [2.75, 3.05) is 33.4 Å². The third kappa shape index (κ3) is 3.43.